The molecule has 13 heteroatoms. The third kappa shape index (κ3) is 8.14. The zero-order chi connectivity index (χ0) is 25.3. The average Bonchev–Trinajstić information content (AvgIpc) is 2.79. The van der Waals surface area contributed by atoms with Gasteiger partial charge in [0.1, 0.15) is 24.6 Å². The number of ketones is 1. The minimum Gasteiger partial charge on any atom is -0.491 e. The number of ether oxygens (including phenoxy) is 1. The van der Waals surface area contributed by atoms with E-state index in [9.17, 15) is 19.8 Å². The number of benzene rings is 1. The second-order valence-corrected chi connectivity index (χ2v) is 7.75. The summed E-state index contributed by atoms with van der Waals surface area (Å²) < 4.78 is 5.39. The molecule has 12 nitrogen and oxygen atoms in total. The predicted molar refractivity (Wildman–Crippen MR) is 127 cm³/mol. The van der Waals surface area contributed by atoms with E-state index in [-0.39, 0.29) is 35.0 Å². The zero-order valence-corrected chi connectivity index (χ0v) is 19.3. The number of halogens is 1. The van der Waals surface area contributed by atoms with E-state index in [1.807, 2.05) is 12.1 Å². The molecule has 0 aliphatic carbocycles. The Bertz CT molecular complexity index is 1030. The molecule has 0 spiro atoms. The summed E-state index contributed by atoms with van der Waals surface area (Å²) in [4.78, 5) is 34.9. The summed E-state index contributed by atoms with van der Waals surface area (Å²) in [5.41, 5.74) is 17.7. The van der Waals surface area contributed by atoms with Crippen LogP contribution < -0.4 is 27.3 Å². The highest BCUT2D eigenvalue weighted by Crippen LogP contribution is 2.17. The van der Waals surface area contributed by atoms with E-state index in [0.717, 1.165) is 24.8 Å². The normalized spacial score (nSPS) is 13.2. The largest absolute Gasteiger partial charge is 0.491 e. The van der Waals surface area contributed by atoms with Crippen molar-refractivity contribution in [1.82, 2.24) is 15.3 Å². The highest BCUT2D eigenvalue weighted by atomic mass is 35.5. The molecule has 1 aromatic carbocycles. The lowest BCUT2D eigenvalue weighted by Crippen LogP contribution is -2.38. The molecule has 2 atom stereocenters. The number of carbonyl (C=O) groups is 2. The van der Waals surface area contributed by atoms with Gasteiger partial charge in [0.2, 0.25) is 0 Å². The first kappa shape index (κ1) is 26.8. The maximum absolute atomic E-state index is 12.2. The second kappa shape index (κ2) is 12.7. The zero-order valence-electron chi connectivity index (χ0n) is 18.6. The lowest BCUT2D eigenvalue weighted by Gasteiger charge is -2.16. The molecule has 2 aromatic rings. The number of hydrogen-bond acceptors (Lipinski definition) is 10. The number of nitrogens with zero attached hydrogens (tertiary/aromatic N) is 3. The Morgan fingerprint density at radius 3 is 2.47 bits per heavy atom. The number of unbranched alkanes of at least 4 members (excludes halogenated alkanes) is 1. The van der Waals surface area contributed by atoms with E-state index in [0.29, 0.717) is 12.3 Å². The van der Waals surface area contributed by atoms with Crippen LogP contribution in [-0.4, -0.2) is 63.2 Å². The number of nitrogens with two attached hydrogens (primary N) is 3. The molecule has 0 fully saturated rings. The Labute approximate surface area is 201 Å². The third-order valence-electron chi connectivity index (χ3n) is 4.64. The predicted octanol–water partition coefficient (Wildman–Crippen LogP) is 0.0514. The molecule has 0 saturated carbocycles. The van der Waals surface area contributed by atoms with Gasteiger partial charge in [0.05, 0.1) is 0 Å². The van der Waals surface area contributed by atoms with Crippen LogP contribution in [0.5, 0.6) is 5.75 Å². The van der Waals surface area contributed by atoms with Crippen molar-refractivity contribution < 1.29 is 24.5 Å². The first-order valence-electron chi connectivity index (χ1n) is 10.4. The Balaban J connectivity index is 1.72. The summed E-state index contributed by atoms with van der Waals surface area (Å²) in [5.74, 6) is -1.04. The van der Waals surface area contributed by atoms with Gasteiger partial charge in [-0.3, -0.25) is 19.9 Å². The number of hydrogen-bond donors (Lipinski definition) is 6. The van der Waals surface area contributed by atoms with Crippen LogP contribution in [0.2, 0.25) is 5.15 Å². The number of aliphatic imine (C=N–C) groups is 1. The van der Waals surface area contributed by atoms with Gasteiger partial charge in [-0.15, -0.1) is 0 Å². The Hall–Kier alpha value is -3.48. The van der Waals surface area contributed by atoms with Gasteiger partial charge in [-0.1, -0.05) is 23.7 Å². The molecule has 0 aliphatic heterocycles. The number of aromatic nitrogens is 2. The molecule has 0 saturated heterocycles. The van der Waals surface area contributed by atoms with Crippen molar-refractivity contribution in [3.8, 4) is 5.75 Å². The summed E-state index contributed by atoms with van der Waals surface area (Å²) in [6.45, 7) is 1.40. The summed E-state index contributed by atoms with van der Waals surface area (Å²) in [6.07, 6.45) is -0.430. The van der Waals surface area contributed by atoms with Crippen LogP contribution in [0.3, 0.4) is 0 Å². The number of Topliss-reactive ketones (excluding diaryl/α,β-unsaturated/α-hetero) is 1. The highest BCUT2D eigenvalue weighted by Gasteiger charge is 2.21. The number of rotatable bonds is 11. The standard InChI is InChI=1S/C21H28ClN7O5/c1-11(30)16(32)14(31)10-34-13-7-5-12(6-8-13)4-2-3-9-26-21(25)29-20(33)15-18(23)28-19(24)17(22)27-15/h5-8,14,16,31-32H,2-4,9-10H2,1H3,(H4,23,24,28)(H3,25,26,29,33). The molecule has 34 heavy (non-hydrogen) atoms. The number of anilines is 2. The minimum absolute atomic E-state index is 0.0807. The fourth-order valence-electron chi connectivity index (χ4n) is 2.76. The fraction of sp³-hybridized carbons (Fsp3) is 0.381. The van der Waals surface area contributed by atoms with Crippen molar-refractivity contribution in [1.29, 1.82) is 0 Å². The van der Waals surface area contributed by atoms with Gasteiger partial charge in [-0.25, -0.2) is 9.97 Å². The highest BCUT2D eigenvalue weighted by molar-refractivity contribution is 6.31. The van der Waals surface area contributed by atoms with E-state index in [2.05, 4.69) is 20.3 Å². The maximum Gasteiger partial charge on any atom is 0.280 e. The lowest BCUT2D eigenvalue weighted by molar-refractivity contribution is -0.131. The van der Waals surface area contributed by atoms with Crippen molar-refractivity contribution in [3.63, 3.8) is 0 Å². The molecule has 0 aliphatic rings. The van der Waals surface area contributed by atoms with E-state index < -0.39 is 23.9 Å². The van der Waals surface area contributed by atoms with Gasteiger partial charge in [-0.2, -0.15) is 0 Å². The number of nitrogens with one attached hydrogen (secondary N) is 1. The lowest BCUT2D eigenvalue weighted by atomic mass is 10.1. The fourth-order valence-corrected chi connectivity index (χ4v) is 2.89. The van der Waals surface area contributed by atoms with Gasteiger partial charge in [-0.05, 0) is 43.9 Å². The number of guanidine groups is 1. The molecular formula is C21H28ClN7O5. The second-order valence-electron chi connectivity index (χ2n) is 7.39. The average molecular weight is 494 g/mol. The summed E-state index contributed by atoms with van der Waals surface area (Å²) >= 11 is 5.76. The molecule has 0 bridgehead atoms. The molecule has 2 rings (SSSR count). The van der Waals surface area contributed by atoms with Gasteiger partial charge >= 0.3 is 0 Å². The number of amides is 1. The van der Waals surface area contributed by atoms with Gasteiger partial charge in [0, 0.05) is 6.54 Å². The summed E-state index contributed by atoms with van der Waals surface area (Å²) in [6, 6.07) is 7.24. The number of aryl methyl sites for hydroxylation is 1. The van der Waals surface area contributed by atoms with E-state index in [1.54, 1.807) is 12.1 Å². The molecule has 9 N–H and O–H groups in total. The number of aliphatic hydroxyl groups is 2. The number of aliphatic hydroxyl groups excluding tert-OH is 2. The minimum atomic E-state index is -1.47. The molecule has 184 valence electrons. The molecule has 1 amide bonds. The van der Waals surface area contributed by atoms with Gasteiger partial charge in [0.25, 0.3) is 5.91 Å². The third-order valence-corrected chi connectivity index (χ3v) is 4.92. The topological polar surface area (TPSA) is 212 Å². The van der Waals surface area contributed by atoms with E-state index >= 15 is 0 Å². The summed E-state index contributed by atoms with van der Waals surface area (Å²) in [5, 5.41) is 21.4. The van der Waals surface area contributed by atoms with Crippen LogP contribution in [0.4, 0.5) is 11.6 Å². The van der Waals surface area contributed by atoms with Crippen molar-refractivity contribution in [2.75, 3.05) is 24.6 Å². The smallest absolute Gasteiger partial charge is 0.280 e. The molecule has 2 unspecified atom stereocenters. The van der Waals surface area contributed by atoms with Gasteiger partial charge < -0.3 is 32.2 Å². The molecule has 0 radical (unpaired) electrons. The quantitative estimate of drug-likeness (QED) is 0.140. The molecule has 1 aromatic heterocycles. The number of nitrogen functional groups attached to an aromatic ring is 2. The Morgan fingerprint density at radius 1 is 1.15 bits per heavy atom. The monoisotopic (exact) mass is 493 g/mol. The summed E-state index contributed by atoms with van der Waals surface area (Å²) in [7, 11) is 0. The van der Waals surface area contributed by atoms with Gasteiger partial charge in [0.15, 0.2) is 34.2 Å². The van der Waals surface area contributed by atoms with Crippen LogP contribution in [-0.2, 0) is 11.2 Å². The van der Waals surface area contributed by atoms with Crippen LogP contribution >= 0.6 is 11.6 Å². The molecular weight excluding hydrogens is 466 g/mol. The first-order chi connectivity index (χ1) is 16.1. The van der Waals surface area contributed by atoms with E-state index in [1.165, 1.54) is 6.92 Å². The van der Waals surface area contributed by atoms with Crippen LogP contribution in [0, 0.1) is 0 Å². The van der Waals surface area contributed by atoms with Crippen LogP contribution in [0.1, 0.15) is 35.8 Å². The SMILES string of the molecule is CC(=O)C(O)C(O)COc1ccc(CCCCN=C(N)NC(=O)c2nc(Cl)c(N)nc2N)cc1. The molecule has 1 heterocycles. The van der Waals surface area contributed by atoms with Crippen molar-refractivity contribution in [2.24, 2.45) is 10.7 Å². The first-order valence-corrected chi connectivity index (χ1v) is 10.7. The van der Waals surface area contributed by atoms with Crippen LogP contribution in [0.15, 0.2) is 29.3 Å². The Kier molecular flexibility index (Phi) is 9.98. The van der Waals surface area contributed by atoms with Crippen molar-refractivity contribution >= 4 is 40.9 Å². The van der Waals surface area contributed by atoms with Crippen LogP contribution in [0.25, 0.3) is 0 Å². The van der Waals surface area contributed by atoms with Crippen molar-refractivity contribution in [3.05, 3.63) is 40.7 Å². The number of carbonyl (C=O) groups excluding carboxylic acids is 2. The van der Waals surface area contributed by atoms with Crippen molar-refractivity contribution in [2.45, 2.75) is 38.4 Å². The van der Waals surface area contributed by atoms with E-state index in [4.69, 9.17) is 33.5 Å². The Morgan fingerprint density at radius 2 is 1.82 bits per heavy atom. The maximum atomic E-state index is 12.2.